The third-order valence-corrected chi connectivity index (χ3v) is 4.02. The summed E-state index contributed by atoms with van der Waals surface area (Å²) in [6, 6.07) is 17.5. The zero-order valence-corrected chi connectivity index (χ0v) is 12.6. The average Bonchev–Trinajstić information content (AvgIpc) is 2.88. The van der Waals surface area contributed by atoms with E-state index in [1.807, 2.05) is 47.0 Å². The molecule has 0 spiro atoms. The lowest BCUT2D eigenvalue weighted by Crippen LogP contribution is -1.98. The Balaban J connectivity index is 2.49. The molecule has 2 aromatic carbocycles. The summed E-state index contributed by atoms with van der Waals surface area (Å²) in [5.74, 6) is 0. The maximum absolute atomic E-state index is 9.59. The van der Waals surface area contributed by atoms with Crippen molar-refractivity contribution >= 4 is 32.5 Å². The van der Waals surface area contributed by atoms with Crippen LogP contribution in [-0.2, 0) is 5.33 Å². The summed E-state index contributed by atoms with van der Waals surface area (Å²) in [5, 5.41) is 11.2. The molecule has 0 N–H and O–H groups in total. The van der Waals surface area contributed by atoms with Crippen LogP contribution in [0.2, 0.25) is 0 Å². The molecule has 1 aromatic heterocycles. The Morgan fingerprint density at radius 3 is 2.57 bits per heavy atom. The number of fused-ring (bicyclic) bond motifs is 1. The Hall–Kier alpha value is -2.56. The van der Waals surface area contributed by atoms with Gasteiger partial charge in [-0.25, -0.2) is 4.85 Å². The maximum atomic E-state index is 9.59. The molecule has 3 aromatic rings. The molecular formula is C17H10BrN3. The molecular weight excluding hydrogens is 326 g/mol. The molecule has 0 aliphatic carbocycles. The van der Waals surface area contributed by atoms with Gasteiger partial charge in [-0.15, -0.1) is 0 Å². The van der Waals surface area contributed by atoms with E-state index in [4.69, 9.17) is 6.57 Å². The normalized spacial score (nSPS) is 10.2. The highest BCUT2D eigenvalue weighted by Gasteiger charge is 2.18. The summed E-state index contributed by atoms with van der Waals surface area (Å²) in [6.07, 6.45) is 0. The number of para-hydroxylation sites is 3. The number of nitrogens with zero attached hydrogens (tertiary/aromatic N) is 3. The lowest BCUT2D eigenvalue weighted by molar-refractivity contribution is 1.09. The molecule has 0 bridgehead atoms. The van der Waals surface area contributed by atoms with Gasteiger partial charge in [-0.3, -0.25) is 0 Å². The van der Waals surface area contributed by atoms with Gasteiger partial charge >= 0.3 is 0 Å². The number of aromatic nitrogens is 1. The smallest absolute Gasteiger partial charge is 0.210 e. The second kappa shape index (κ2) is 5.44. The number of benzene rings is 2. The molecule has 1 heterocycles. The van der Waals surface area contributed by atoms with Crippen LogP contribution in [0.5, 0.6) is 0 Å². The van der Waals surface area contributed by atoms with Crippen molar-refractivity contribution < 1.29 is 0 Å². The molecule has 21 heavy (non-hydrogen) atoms. The van der Waals surface area contributed by atoms with Gasteiger partial charge in [-0.1, -0.05) is 52.3 Å². The Morgan fingerprint density at radius 1 is 1.14 bits per heavy atom. The van der Waals surface area contributed by atoms with Crippen molar-refractivity contribution in [3.63, 3.8) is 0 Å². The highest BCUT2D eigenvalue weighted by molar-refractivity contribution is 9.08. The van der Waals surface area contributed by atoms with Crippen LogP contribution in [-0.4, -0.2) is 4.57 Å². The molecule has 0 aliphatic heterocycles. The number of hydrogen-bond acceptors (Lipinski definition) is 1. The zero-order chi connectivity index (χ0) is 14.8. The first-order valence-electron chi connectivity index (χ1n) is 6.37. The van der Waals surface area contributed by atoms with Crippen LogP contribution in [0.25, 0.3) is 21.4 Å². The third kappa shape index (κ3) is 2.01. The van der Waals surface area contributed by atoms with Gasteiger partial charge in [0.2, 0.25) is 5.69 Å². The molecule has 0 atom stereocenters. The standard InChI is InChI=1S/C17H10BrN3/c1-20-14-7-3-5-9-16(14)21-15-8-4-2-6-12(15)13(10-18)17(21)11-19/h2-9H,10H2. The van der Waals surface area contributed by atoms with Crippen LogP contribution in [0, 0.1) is 17.9 Å². The van der Waals surface area contributed by atoms with E-state index in [1.54, 1.807) is 6.07 Å². The van der Waals surface area contributed by atoms with Crippen molar-refractivity contribution in [2.75, 3.05) is 0 Å². The van der Waals surface area contributed by atoms with Gasteiger partial charge in [-0.2, -0.15) is 5.26 Å². The van der Waals surface area contributed by atoms with E-state index in [2.05, 4.69) is 26.8 Å². The first-order valence-corrected chi connectivity index (χ1v) is 7.49. The second-order valence-electron chi connectivity index (χ2n) is 4.53. The molecule has 0 fully saturated rings. The summed E-state index contributed by atoms with van der Waals surface area (Å²) in [7, 11) is 0. The minimum Gasteiger partial charge on any atom is -0.311 e. The monoisotopic (exact) mass is 335 g/mol. The van der Waals surface area contributed by atoms with Gasteiger partial charge < -0.3 is 4.57 Å². The average molecular weight is 336 g/mol. The van der Waals surface area contributed by atoms with Crippen LogP contribution >= 0.6 is 15.9 Å². The summed E-state index contributed by atoms with van der Waals surface area (Å²) in [6.45, 7) is 7.34. The number of rotatable bonds is 2. The fourth-order valence-electron chi connectivity index (χ4n) is 2.56. The second-order valence-corrected chi connectivity index (χ2v) is 5.09. The van der Waals surface area contributed by atoms with Crippen molar-refractivity contribution in [2.45, 2.75) is 5.33 Å². The van der Waals surface area contributed by atoms with Crippen molar-refractivity contribution in [3.8, 4) is 11.8 Å². The topological polar surface area (TPSA) is 33.1 Å². The quantitative estimate of drug-likeness (QED) is 0.481. The SMILES string of the molecule is [C-]#[N+]c1ccccc1-n1c(C#N)c(CBr)c2ccccc21. The van der Waals surface area contributed by atoms with E-state index >= 15 is 0 Å². The van der Waals surface area contributed by atoms with E-state index < -0.39 is 0 Å². The van der Waals surface area contributed by atoms with Crippen LogP contribution in [0.1, 0.15) is 11.3 Å². The Morgan fingerprint density at radius 2 is 1.86 bits per heavy atom. The zero-order valence-electron chi connectivity index (χ0n) is 11.0. The number of hydrogen-bond donors (Lipinski definition) is 0. The largest absolute Gasteiger partial charge is 0.311 e. The van der Waals surface area contributed by atoms with Crippen LogP contribution in [0.4, 0.5) is 5.69 Å². The van der Waals surface area contributed by atoms with Crippen molar-refractivity contribution in [2.24, 2.45) is 0 Å². The van der Waals surface area contributed by atoms with E-state index in [0.717, 1.165) is 22.2 Å². The first kappa shape index (κ1) is 13.4. The van der Waals surface area contributed by atoms with Gasteiger partial charge in [-0.05, 0) is 12.1 Å². The lowest BCUT2D eigenvalue weighted by Gasteiger charge is -2.09. The molecule has 0 unspecified atom stereocenters. The van der Waals surface area contributed by atoms with Crippen molar-refractivity contribution in [3.05, 3.63) is 71.2 Å². The highest BCUT2D eigenvalue weighted by atomic mass is 79.9. The Kier molecular flexibility index (Phi) is 3.48. The Labute approximate surface area is 131 Å². The van der Waals surface area contributed by atoms with E-state index in [0.29, 0.717) is 16.7 Å². The number of alkyl halides is 1. The van der Waals surface area contributed by atoms with E-state index in [9.17, 15) is 5.26 Å². The van der Waals surface area contributed by atoms with E-state index in [1.165, 1.54) is 0 Å². The minimum atomic E-state index is 0.538. The number of nitriles is 1. The summed E-state index contributed by atoms with van der Waals surface area (Å²) >= 11 is 3.47. The van der Waals surface area contributed by atoms with Gasteiger partial charge in [0.05, 0.1) is 17.8 Å². The summed E-state index contributed by atoms with van der Waals surface area (Å²) in [5.41, 5.74) is 3.75. The van der Waals surface area contributed by atoms with Crippen LogP contribution in [0.15, 0.2) is 48.5 Å². The van der Waals surface area contributed by atoms with Gasteiger partial charge in [0.1, 0.15) is 11.8 Å². The van der Waals surface area contributed by atoms with Gasteiger partial charge in [0, 0.05) is 16.3 Å². The van der Waals surface area contributed by atoms with Gasteiger partial charge in [0.25, 0.3) is 0 Å². The molecule has 3 nitrogen and oxygen atoms in total. The molecule has 4 heteroatoms. The van der Waals surface area contributed by atoms with E-state index in [-0.39, 0.29) is 0 Å². The maximum Gasteiger partial charge on any atom is 0.210 e. The molecule has 0 radical (unpaired) electrons. The van der Waals surface area contributed by atoms with Crippen molar-refractivity contribution in [1.29, 1.82) is 5.26 Å². The predicted molar refractivity (Wildman–Crippen MR) is 86.9 cm³/mol. The van der Waals surface area contributed by atoms with Crippen LogP contribution < -0.4 is 0 Å². The Bertz CT molecular complexity index is 910. The molecule has 100 valence electrons. The molecule has 0 aliphatic rings. The summed E-state index contributed by atoms with van der Waals surface area (Å²) in [4.78, 5) is 3.57. The summed E-state index contributed by atoms with van der Waals surface area (Å²) < 4.78 is 1.87. The molecule has 0 saturated carbocycles. The minimum absolute atomic E-state index is 0.538. The van der Waals surface area contributed by atoms with Crippen LogP contribution in [0.3, 0.4) is 0 Å². The fourth-order valence-corrected chi connectivity index (χ4v) is 3.13. The molecule has 0 amide bonds. The molecule has 3 rings (SSSR count). The van der Waals surface area contributed by atoms with Gasteiger partial charge in [0.15, 0.2) is 0 Å². The molecule has 0 saturated heterocycles. The predicted octanol–water partition coefficient (Wildman–Crippen LogP) is 4.95. The first-order chi connectivity index (χ1) is 10.3. The third-order valence-electron chi connectivity index (χ3n) is 3.46. The lowest BCUT2D eigenvalue weighted by atomic mass is 10.1. The fraction of sp³-hybridized carbons (Fsp3) is 0.0588. The highest BCUT2D eigenvalue weighted by Crippen LogP contribution is 2.34. The van der Waals surface area contributed by atoms with Crippen molar-refractivity contribution in [1.82, 2.24) is 4.57 Å². The number of halogens is 1.